The molecule has 2 aromatic carbocycles. The Morgan fingerprint density at radius 1 is 1.17 bits per heavy atom. The van der Waals surface area contributed by atoms with Crippen molar-refractivity contribution >= 4 is 23.4 Å². The predicted octanol–water partition coefficient (Wildman–Crippen LogP) is 4.50. The topological polar surface area (TPSA) is 64.4 Å². The lowest BCUT2D eigenvalue weighted by Crippen LogP contribution is -2.46. The van der Waals surface area contributed by atoms with Gasteiger partial charge in [-0.3, -0.25) is 9.59 Å². The maximum absolute atomic E-state index is 13.3. The average molecular weight is 424 g/mol. The molecule has 156 valence electrons. The molecule has 0 N–H and O–H groups in total. The number of carbonyl (C=O) groups is 2. The van der Waals surface area contributed by atoms with Gasteiger partial charge in [0.1, 0.15) is 0 Å². The summed E-state index contributed by atoms with van der Waals surface area (Å²) in [7, 11) is 0. The minimum Gasteiger partial charge on any atom is -0.338 e. The van der Waals surface area contributed by atoms with E-state index in [0.717, 1.165) is 24.8 Å². The molecule has 2 amide bonds. The van der Waals surface area contributed by atoms with E-state index in [4.69, 9.17) is 16.9 Å². The molecule has 1 fully saturated rings. The third-order valence-corrected chi connectivity index (χ3v) is 5.66. The van der Waals surface area contributed by atoms with Crippen molar-refractivity contribution in [3.05, 3.63) is 70.2 Å². The van der Waals surface area contributed by atoms with Crippen LogP contribution in [0.25, 0.3) is 0 Å². The Balaban J connectivity index is 1.68. The first-order chi connectivity index (χ1) is 14.5. The number of carbonyl (C=O) groups excluding carboxylic acids is 2. The van der Waals surface area contributed by atoms with E-state index in [0.29, 0.717) is 42.3 Å². The van der Waals surface area contributed by atoms with E-state index >= 15 is 0 Å². The third kappa shape index (κ3) is 5.40. The summed E-state index contributed by atoms with van der Waals surface area (Å²) < 4.78 is 0. The molecule has 30 heavy (non-hydrogen) atoms. The summed E-state index contributed by atoms with van der Waals surface area (Å²) in [5, 5.41) is 9.56. The highest BCUT2D eigenvalue weighted by atomic mass is 35.5. The lowest BCUT2D eigenvalue weighted by atomic mass is 9.95. The molecule has 5 nitrogen and oxygen atoms in total. The van der Waals surface area contributed by atoms with Gasteiger partial charge in [-0.05, 0) is 61.2 Å². The number of halogens is 1. The first-order valence-corrected chi connectivity index (χ1v) is 10.7. The number of nitrogens with zero attached hydrogens (tertiary/aromatic N) is 3. The summed E-state index contributed by atoms with van der Waals surface area (Å²) in [6.07, 6.45) is 2.46. The zero-order chi connectivity index (χ0) is 21.5. The van der Waals surface area contributed by atoms with Crippen LogP contribution in [0.1, 0.15) is 47.7 Å². The van der Waals surface area contributed by atoms with Gasteiger partial charge in [0.15, 0.2) is 0 Å². The van der Waals surface area contributed by atoms with Gasteiger partial charge in [-0.15, -0.1) is 0 Å². The smallest absolute Gasteiger partial charge is 0.253 e. The van der Waals surface area contributed by atoms with Crippen LogP contribution in [0.5, 0.6) is 0 Å². The van der Waals surface area contributed by atoms with E-state index in [2.05, 4.69) is 13.0 Å². The van der Waals surface area contributed by atoms with Crippen LogP contribution in [0.4, 0.5) is 0 Å². The van der Waals surface area contributed by atoms with Crippen molar-refractivity contribution in [3.8, 4) is 6.07 Å². The molecule has 1 saturated heterocycles. The number of hydrogen-bond acceptors (Lipinski definition) is 3. The fourth-order valence-electron chi connectivity index (χ4n) is 3.84. The molecule has 0 aromatic heterocycles. The second kappa shape index (κ2) is 10.3. The van der Waals surface area contributed by atoms with Gasteiger partial charge in [0, 0.05) is 36.8 Å². The van der Waals surface area contributed by atoms with Gasteiger partial charge in [-0.1, -0.05) is 30.7 Å². The highest BCUT2D eigenvalue weighted by Crippen LogP contribution is 2.22. The van der Waals surface area contributed by atoms with Crippen molar-refractivity contribution in [2.24, 2.45) is 5.92 Å². The maximum atomic E-state index is 13.3. The number of benzene rings is 2. The molecule has 1 heterocycles. The molecule has 6 heteroatoms. The molecule has 3 rings (SSSR count). The molecule has 1 unspecified atom stereocenters. The normalized spacial score (nSPS) is 16.0. The van der Waals surface area contributed by atoms with Gasteiger partial charge in [-0.2, -0.15) is 5.26 Å². The lowest BCUT2D eigenvalue weighted by molar-refractivity contribution is -0.137. The molecule has 1 aliphatic heterocycles. The fourth-order valence-corrected chi connectivity index (χ4v) is 3.96. The largest absolute Gasteiger partial charge is 0.338 e. The molecular weight excluding hydrogens is 398 g/mol. The van der Waals surface area contributed by atoms with Gasteiger partial charge in [0.25, 0.3) is 5.91 Å². The van der Waals surface area contributed by atoms with Crippen LogP contribution in [0.2, 0.25) is 5.02 Å². The van der Waals surface area contributed by atoms with Crippen LogP contribution < -0.4 is 0 Å². The molecule has 0 aliphatic carbocycles. The monoisotopic (exact) mass is 423 g/mol. The summed E-state index contributed by atoms with van der Waals surface area (Å²) in [4.78, 5) is 29.8. The summed E-state index contributed by atoms with van der Waals surface area (Å²) in [6, 6.07) is 16.3. The molecule has 0 radical (unpaired) electrons. The predicted molar refractivity (Wildman–Crippen MR) is 117 cm³/mol. The summed E-state index contributed by atoms with van der Waals surface area (Å²) in [6.45, 7) is 4.33. The number of likely N-dealkylation sites (tertiary alicyclic amines) is 1. The van der Waals surface area contributed by atoms with E-state index in [1.165, 1.54) is 0 Å². The molecular formula is C24H26ClN3O2. The molecule has 2 aromatic rings. The second-order valence-corrected chi connectivity index (χ2v) is 8.10. The molecule has 0 spiro atoms. The maximum Gasteiger partial charge on any atom is 0.253 e. The number of hydrogen-bond donors (Lipinski definition) is 0. The zero-order valence-corrected chi connectivity index (χ0v) is 17.9. The van der Waals surface area contributed by atoms with Crippen LogP contribution in [0, 0.1) is 17.2 Å². The number of amides is 2. The molecule has 0 bridgehead atoms. The minimum absolute atomic E-state index is 0.0571. The minimum atomic E-state index is -0.195. The average Bonchev–Trinajstić information content (AvgIpc) is 2.79. The van der Waals surface area contributed by atoms with Crippen molar-refractivity contribution in [2.45, 2.75) is 32.7 Å². The van der Waals surface area contributed by atoms with E-state index in [1.54, 1.807) is 41.3 Å². The number of rotatable bonds is 6. The van der Waals surface area contributed by atoms with Gasteiger partial charge >= 0.3 is 0 Å². The van der Waals surface area contributed by atoms with E-state index in [9.17, 15) is 9.59 Å². The fraction of sp³-hybridized carbons (Fsp3) is 0.375. The van der Waals surface area contributed by atoms with Crippen molar-refractivity contribution < 1.29 is 9.59 Å². The van der Waals surface area contributed by atoms with Crippen LogP contribution in [-0.2, 0) is 11.3 Å². The van der Waals surface area contributed by atoms with Gasteiger partial charge in [0.2, 0.25) is 5.91 Å². The Labute approximate surface area is 182 Å². The molecule has 1 aliphatic rings. The van der Waals surface area contributed by atoms with Crippen molar-refractivity contribution in [2.75, 3.05) is 19.6 Å². The Morgan fingerprint density at radius 3 is 2.50 bits per heavy atom. The first-order valence-electron chi connectivity index (χ1n) is 10.3. The quantitative estimate of drug-likeness (QED) is 0.686. The van der Waals surface area contributed by atoms with Crippen molar-refractivity contribution in [3.63, 3.8) is 0 Å². The van der Waals surface area contributed by atoms with Crippen molar-refractivity contribution in [1.82, 2.24) is 9.80 Å². The first kappa shape index (κ1) is 21.9. The Morgan fingerprint density at radius 2 is 1.87 bits per heavy atom. The Bertz CT molecular complexity index is 919. The second-order valence-electron chi connectivity index (χ2n) is 7.67. The van der Waals surface area contributed by atoms with Crippen LogP contribution in [-0.4, -0.2) is 41.2 Å². The summed E-state index contributed by atoms with van der Waals surface area (Å²) in [5.74, 6) is -0.159. The van der Waals surface area contributed by atoms with E-state index < -0.39 is 0 Å². The highest BCUT2D eigenvalue weighted by Gasteiger charge is 2.31. The zero-order valence-electron chi connectivity index (χ0n) is 17.2. The van der Waals surface area contributed by atoms with E-state index in [1.807, 2.05) is 17.0 Å². The number of piperidine rings is 1. The summed E-state index contributed by atoms with van der Waals surface area (Å²) >= 11 is 5.92. The lowest BCUT2D eigenvalue weighted by Gasteiger charge is -2.35. The SMILES string of the molecule is CCCN(Cc1ccc(C#N)cc1)C(=O)C1CCCN(C(=O)c2ccc(Cl)cc2)C1. The third-order valence-electron chi connectivity index (χ3n) is 5.41. The Hall–Kier alpha value is -2.84. The molecule has 1 atom stereocenters. The van der Waals surface area contributed by atoms with Crippen LogP contribution in [0.15, 0.2) is 48.5 Å². The number of nitriles is 1. The van der Waals surface area contributed by atoms with Gasteiger partial charge in [0.05, 0.1) is 17.6 Å². The van der Waals surface area contributed by atoms with E-state index in [-0.39, 0.29) is 17.7 Å². The van der Waals surface area contributed by atoms with Gasteiger partial charge < -0.3 is 9.80 Å². The van der Waals surface area contributed by atoms with Gasteiger partial charge in [-0.25, -0.2) is 0 Å². The molecule has 0 saturated carbocycles. The standard InChI is InChI=1S/C24H26ClN3O2/c1-2-13-27(16-19-7-5-18(15-26)6-8-19)24(30)21-4-3-14-28(17-21)23(29)20-9-11-22(25)12-10-20/h5-12,21H,2-4,13-14,16-17H2,1H3. The summed E-state index contributed by atoms with van der Waals surface area (Å²) in [5.41, 5.74) is 2.20. The van der Waals surface area contributed by atoms with Crippen LogP contribution in [0.3, 0.4) is 0 Å². The van der Waals surface area contributed by atoms with Crippen molar-refractivity contribution in [1.29, 1.82) is 5.26 Å². The highest BCUT2D eigenvalue weighted by molar-refractivity contribution is 6.30. The van der Waals surface area contributed by atoms with Crippen LogP contribution >= 0.6 is 11.6 Å². The Kier molecular flexibility index (Phi) is 7.48.